The molecule has 0 bridgehead atoms. The maximum Gasteiger partial charge on any atom is 0.319 e. The zero-order valence-electron chi connectivity index (χ0n) is 16.3. The van der Waals surface area contributed by atoms with Gasteiger partial charge in [-0.05, 0) is 60.2 Å². The largest absolute Gasteiger partial charge is 0.334 e. The zero-order valence-corrected chi connectivity index (χ0v) is 17.2. The molecule has 0 radical (unpaired) electrons. The van der Waals surface area contributed by atoms with Crippen LogP contribution in [0.15, 0.2) is 101 Å². The van der Waals surface area contributed by atoms with Gasteiger partial charge in [0.1, 0.15) is 0 Å². The highest BCUT2D eigenvalue weighted by Crippen LogP contribution is 2.24. The van der Waals surface area contributed by atoms with Gasteiger partial charge in [0.05, 0.1) is 15.5 Å². The molecule has 2 aromatic heterocycles. The number of nitrogens with one attached hydrogen (secondary N) is 2. The third kappa shape index (κ3) is 4.78. The lowest BCUT2D eigenvalue weighted by atomic mass is 10.3. The van der Waals surface area contributed by atoms with Gasteiger partial charge in [-0.2, -0.15) is 5.10 Å². The number of sulfone groups is 1. The van der Waals surface area contributed by atoms with Crippen LogP contribution in [0.2, 0.25) is 0 Å². The first-order valence-corrected chi connectivity index (χ1v) is 10.9. The van der Waals surface area contributed by atoms with Crippen LogP contribution in [-0.2, 0) is 16.4 Å². The van der Waals surface area contributed by atoms with Gasteiger partial charge in [0.2, 0.25) is 9.84 Å². The summed E-state index contributed by atoms with van der Waals surface area (Å²) in [6.45, 7) is 0.332. The van der Waals surface area contributed by atoms with Gasteiger partial charge in [-0.3, -0.25) is 4.98 Å². The van der Waals surface area contributed by atoms with Crippen molar-refractivity contribution in [2.45, 2.75) is 16.3 Å². The number of hydrogen-bond donors (Lipinski definition) is 2. The lowest BCUT2D eigenvalue weighted by molar-refractivity contribution is 0.251. The van der Waals surface area contributed by atoms with Crippen LogP contribution in [0.3, 0.4) is 0 Å². The van der Waals surface area contributed by atoms with Gasteiger partial charge in [-0.15, -0.1) is 0 Å². The van der Waals surface area contributed by atoms with Crippen molar-refractivity contribution in [3.63, 3.8) is 0 Å². The van der Waals surface area contributed by atoms with Crippen molar-refractivity contribution in [2.24, 2.45) is 0 Å². The average Bonchev–Trinajstić information content (AvgIpc) is 3.34. The van der Waals surface area contributed by atoms with E-state index in [0.29, 0.717) is 17.9 Å². The molecule has 0 aliphatic heterocycles. The van der Waals surface area contributed by atoms with E-state index in [1.54, 1.807) is 78.0 Å². The van der Waals surface area contributed by atoms with Crippen molar-refractivity contribution in [2.75, 3.05) is 5.32 Å². The highest BCUT2D eigenvalue weighted by atomic mass is 32.2. The number of aromatic nitrogens is 3. The van der Waals surface area contributed by atoms with Gasteiger partial charge in [0.15, 0.2) is 0 Å². The zero-order chi connectivity index (χ0) is 21.7. The van der Waals surface area contributed by atoms with Crippen molar-refractivity contribution in [1.82, 2.24) is 20.1 Å². The Labute approximate surface area is 179 Å². The van der Waals surface area contributed by atoms with Gasteiger partial charge >= 0.3 is 6.03 Å². The minimum absolute atomic E-state index is 0.131. The van der Waals surface area contributed by atoms with Gasteiger partial charge in [0, 0.05) is 37.0 Å². The van der Waals surface area contributed by atoms with Crippen LogP contribution in [0.5, 0.6) is 0 Å². The third-order valence-corrected chi connectivity index (χ3v) is 6.26. The van der Waals surface area contributed by atoms with Crippen LogP contribution in [0.1, 0.15) is 5.56 Å². The molecule has 156 valence electrons. The maximum absolute atomic E-state index is 13.0. The molecule has 8 nitrogen and oxygen atoms in total. The van der Waals surface area contributed by atoms with E-state index in [4.69, 9.17) is 0 Å². The molecule has 0 aliphatic carbocycles. The highest BCUT2D eigenvalue weighted by molar-refractivity contribution is 7.91. The van der Waals surface area contributed by atoms with Crippen LogP contribution in [0, 0.1) is 0 Å². The molecule has 0 atom stereocenters. The highest BCUT2D eigenvalue weighted by Gasteiger charge is 2.18. The molecule has 0 aliphatic rings. The number of anilines is 1. The van der Waals surface area contributed by atoms with E-state index in [1.807, 2.05) is 6.07 Å². The Kier molecular flexibility index (Phi) is 5.76. The normalized spacial score (nSPS) is 11.1. The smallest absolute Gasteiger partial charge is 0.319 e. The molecular weight excluding hydrogens is 414 g/mol. The monoisotopic (exact) mass is 433 g/mol. The summed E-state index contributed by atoms with van der Waals surface area (Å²) in [6.07, 6.45) is 6.69. The van der Waals surface area contributed by atoms with Gasteiger partial charge < -0.3 is 10.6 Å². The average molecular weight is 433 g/mol. The molecule has 0 spiro atoms. The Balaban J connectivity index is 1.45. The van der Waals surface area contributed by atoms with E-state index >= 15 is 0 Å². The number of nitrogens with zero attached hydrogens (tertiary/aromatic N) is 3. The Bertz CT molecular complexity index is 1270. The molecule has 4 aromatic rings. The SMILES string of the molecule is O=C(NCc1cccnc1)Nc1ccc(S(=O)(=O)c2cccc(-n3cccn3)c2)cc1. The van der Waals surface area contributed by atoms with Gasteiger partial charge in [-0.1, -0.05) is 12.1 Å². The van der Waals surface area contributed by atoms with Crippen molar-refractivity contribution in [3.05, 3.63) is 97.1 Å². The van der Waals surface area contributed by atoms with Crippen LogP contribution in [0.4, 0.5) is 10.5 Å². The molecule has 2 N–H and O–H groups in total. The van der Waals surface area contributed by atoms with Crippen molar-refractivity contribution < 1.29 is 13.2 Å². The molecule has 0 unspecified atom stereocenters. The van der Waals surface area contributed by atoms with E-state index in [-0.39, 0.29) is 9.79 Å². The fraction of sp³-hybridized carbons (Fsp3) is 0.0455. The Hall–Kier alpha value is -3.98. The summed E-state index contributed by atoms with van der Waals surface area (Å²) in [4.78, 5) is 16.4. The number of carbonyl (C=O) groups excluding carboxylic acids is 1. The predicted octanol–water partition coefficient (Wildman–Crippen LogP) is 3.42. The number of benzene rings is 2. The number of hydrogen-bond acceptors (Lipinski definition) is 5. The van der Waals surface area contributed by atoms with Crippen molar-refractivity contribution in [3.8, 4) is 5.69 Å². The van der Waals surface area contributed by atoms with E-state index in [9.17, 15) is 13.2 Å². The second kappa shape index (κ2) is 8.80. The van der Waals surface area contributed by atoms with E-state index in [1.165, 1.54) is 12.1 Å². The molecule has 4 rings (SSSR count). The second-order valence-corrected chi connectivity index (χ2v) is 8.59. The number of urea groups is 1. The van der Waals surface area contributed by atoms with Gasteiger partial charge in [0.25, 0.3) is 0 Å². The van der Waals surface area contributed by atoms with Crippen LogP contribution < -0.4 is 10.6 Å². The lowest BCUT2D eigenvalue weighted by Crippen LogP contribution is -2.28. The van der Waals surface area contributed by atoms with Crippen LogP contribution in [-0.4, -0.2) is 29.2 Å². The summed E-state index contributed by atoms with van der Waals surface area (Å²) < 4.78 is 27.6. The number of rotatable bonds is 6. The second-order valence-electron chi connectivity index (χ2n) is 6.64. The summed E-state index contributed by atoms with van der Waals surface area (Å²) in [7, 11) is -3.72. The molecule has 2 heterocycles. The molecule has 0 saturated heterocycles. The number of pyridine rings is 1. The summed E-state index contributed by atoms with van der Waals surface area (Å²) in [6, 6.07) is 17.6. The number of amides is 2. The van der Waals surface area contributed by atoms with E-state index in [2.05, 4.69) is 20.7 Å². The molecule has 0 fully saturated rings. The topological polar surface area (TPSA) is 106 Å². The summed E-state index contributed by atoms with van der Waals surface area (Å²) >= 11 is 0. The van der Waals surface area contributed by atoms with E-state index < -0.39 is 15.9 Å². The summed E-state index contributed by atoms with van der Waals surface area (Å²) in [5.74, 6) is 0. The Morgan fingerprint density at radius 3 is 2.48 bits per heavy atom. The Morgan fingerprint density at radius 2 is 1.77 bits per heavy atom. The fourth-order valence-electron chi connectivity index (χ4n) is 2.93. The molecule has 2 amide bonds. The lowest BCUT2D eigenvalue weighted by Gasteiger charge is -2.10. The van der Waals surface area contributed by atoms with Crippen LogP contribution in [0.25, 0.3) is 5.69 Å². The first kappa shape index (κ1) is 20.3. The fourth-order valence-corrected chi connectivity index (χ4v) is 4.23. The summed E-state index contributed by atoms with van der Waals surface area (Å²) in [5.41, 5.74) is 2.00. The summed E-state index contributed by atoms with van der Waals surface area (Å²) in [5, 5.41) is 9.53. The standard InChI is InChI=1S/C22H19N5O3S/c28-22(24-16-17-4-2-11-23-15-17)26-18-7-9-20(10-8-18)31(29,30)21-6-1-5-19(14-21)27-13-3-12-25-27/h1-15H,16H2,(H2,24,26,28). The van der Waals surface area contributed by atoms with Crippen molar-refractivity contribution >= 4 is 21.6 Å². The molecule has 0 saturated carbocycles. The third-order valence-electron chi connectivity index (χ3n) is 4.50. The van der Waals surface area contributed by atoms with Crippen molar-refractivity contribution in [1.29, 1.82) is 0 Å². The van der Waals surface area contributed by atoms with Crippen LogP contribution >= 0.6 is 0 Å². The predicted molar refractivity (Wildman–Crippen MR) is 116 cm³/mol. The quantitative estimate of drug-likeness (QED) is 0.485. The first-order chi connectivity index (χ1) is 15.0. The van der Waals surface area contributed by atoms with Gasteiger partial charge in [-0.25, -0.2) is 17.9 Å². The first-order valence-electron chi connectivity index (χ1n) is 9.41. The maximum atomic E-state index is 13.0. The minimum Gasteiger partial charge on any atom is -0.334 e. The molecular formula is C22H19N5O3S. The molecule has 31 heavy (non-hydrogen) atoms. The Morgan fingerprint density at radius 1 is 0.935 bits per heavy atom. The molecule has 9 heteroatoms. The molecule has 2 aromatic carbocycles. The number of carbonyl (C=O) groups is 1. The van der Waals surface area contributed by atoms with E-state index in [0.717, 1.165) is 5.56 Å². The minimum atomic E-state index is -3.72.